The lowest BCUT2D eigenvalue weighted by atomic mass is 10.2. The van der Waals surface area contributed by atoms with Gasteiger partial charge in [0.25, 0.3) is 5.91 Å². The Morgan fingerprint density at radius 1 is 1.29 bits per heavy atom. The summed E-state index contributed by atoms with van der Waals surface area (Å²) < 4.78 is 46.8. The number of aromatic nitrogens is 4. The van der Waals surface area contributed by atoms with Gasteiger partial charge in [0.2, 0.25) is 5.89 Å². The summed E-state index contributed by atoms with van der Waals surface area (Å²) in [6.45, 7) is 1.69. The molecule has 0 N–H and O–H groups in total. The Labute approximate surface area is 162 Å². The number of carbonyl (C=O) groups excluding carboxylic acids is 1. The van der Waals surface area contributed by atoms with Crippen molar-refractivity contribution in [2.24, 2.45) is 0 Å². The van der Waals surface area contributed by atoms with Crippen molar-refractivity contribution in [1.29, 1.82) is 0 Å². The SMILES string of the molecule is CCc1noc(CN(C)C(=O)c2cnn(-c3ccc(Cl)cc3)c2C(F)(F)F)n1. The van der Waals surface area contributed by atoms with E-state index in [1.807, 2.05) is 6.92 Å². The Morgan fingerprint density at radius 3 is 2.54 bits per heavy atom. The van der Waals surface area contributed by atoms with Crippen molar-refractivity contribution < 1.29 is 22.5 Å². The highest BCUT2D eigenvalue weighted by atomic mass is 35.5. The summed E-state index contributed by atoms with van der Waals surface area (Å²) in [6.07, 6.45) is -3.38. The van der Waals surface area contributed by atoms with Gasteiger partial charge >= 0.3 is 6.18 Å². The van der Waals surface area contributed by atoms with E-state index in [4.69, 9.17) is 16.1 Å². The molecule has 0 saturated heterocycles. The van der Waals surface area contributed by atoms with Crippen LogP contribution in [0.3, 0.4) is 0 Å². The van der Waals surface area contributed by atoms with Crippen molar-refractivity contribution >= 4 is 17.5 Å². The lowest BCUT2D eigenvalue weighted by Crippen LogP contribution is -2.29. The van der Waals surface area contributed by atoms with Crippen LogP contribution in [0.4, 0.5) is 13.2 Å². The van der Waals surface area contributed by atoms with E-state index in [0.29, 0.717) is 21.9 Å². The lowest BCUT2D eigenvalue weighted by molar-refractivity contribution is -0.143. The van der Waals surface area contributed by atoms with Gasteiger partial charge in [-0.1, -0.05) is 23.7 Å². The van der Waals surface area contributed by atoms with Crippen LogP contribution in [0.2, 0.25) is 5.02 Å². The smallest absolute Gasteiger partial charge is 0.337 e. The van der Waals surface area contributed by atoms with Gasteiger partial charge < -0.3 is 9.42 Å². The van der Waals surface area contributed by atoms with E-state index in [1.165, 1.54) is 31.3 Å². The van der Waals surface area contributed by atoms with Gasteiger partial charge in [0.05, 0.1) is 24.0 Å². The second kappa shape index (κ2) is 7.63. The molecule has 0 aliphatic carbocycles. The van der Waals surface area contributed by atoms with Crippen molar-refractivity contribution in [2.45, 2.75) is 26.1 Å². The molecule has 0 spiro atoms. The summed E-state index contributed by atoms with van der Waals surface area (Å²) in [5, 5.41) is 7.83. The van der Waals surface area contributed by atoms with Crippen molar-refractivity contribution in [3.05, 3.63) is 58.5 Å². The van der Waals surface area contributed by atoms with Crippen LogP contribution in [0, 0.1) is 0 Å². The number of hydrogen-bond acceptors (Lipinski definition) is 5. The quantitative estimate of drug-likeness (QED) is 0.636. The second-order valence-corrected chi connectivity index (χ2v) is 6.35. The van der Waals surface area contributed by atoms with Gasteiger partial charge in [-0.2, -0.15) is 23.3 Å². The molecule has 0 atom stereocenters. The van der Waals surface area contributed by atoms with Gasteiger partial charge in [0.15, 0.2) is 11.5 Å². The summed E-state index contributed by atoms with van der Waals surface area (Å²) in [5.41, 5.74) is -1.63. The summed E-state index contributed by atoms with van der Waals surface area (Å²) in [6, 6.07) is 5.64. The molecule has 2 aromatic heterocycles. The molecule has 0 saturated carbocycles. The molecule has 11 heteroatoms. The van der Waals surface area contributed by atoms with E-state index >= 15 is 0 Å². The predicted octanol–water partition coefficient (Wildman–Crippen LogP) is 3.76. The number of hydrogen-bond donors (Lipinski definition) is 0. The minimum absolute atomic E-state index is 0.128. The van der Waals surface area contributed by atoms with Crippen LogP contribution in [0.25, 0.3) is 5.69 Å². The molecule has 0 aliphatic rings. The highest BCUT2D eigenvalue weighted by Crippen LogP contribution is 2.34. The van der Waals surface area contributed by atoms with Gasteiger partial charge in [0, 0.05) is 18.5 Å². The molecule has 3 aromatic rings. The number of carbonyl (C=O) groups is 1. The molecule has 28 heavy (non-hydrogen) atoms. The van der Waals surface area contributed by atoms with Crippen LogP contribution in [0.1, 0.15) is 34.7 Å². The zero-order chi connectivity index (χ0) is 20.5. The van der Waals surface area contributed by atoms with Gasteiger partial charge in [-0.15, -0.1) is 0 Å². The average molecular weight is 414 g/mol. The minimum atomic E-state index is -4.80. The molecule has 0 fully saturated rings. The van der Waals surface area contributed by atoms with Crippen LogP contribution in [0.15, 0.2) is 35.0 Å². The molecule has 0 bridgehead atoms. The number of aryl methyl sites for hydroxylation is 1. The largest absolute Gasteiger partial charge is 0.434 e. The van der Waals surface area contributed by atoms with Crippen LogP contribution in [-0.2, 0) is 19.1 Å². The maximum absolute atomic E-state index is 13.7. The Morgan fingerprint density at radius 2 is 1.96 bits per heavy atom. The van der Waals surface area contributed by atoms with Crippen LogP contribution >= 0.6 is 11.6 Å². The third-order valence-electron chi connectivity index (χ3n) is 3.88. The molecule has 0 aliphatic heterocycles. The van der Waals surface area contributed by atoms with E-state index in [1.54, 1.807) is 0 Å². The average Bonchev–Trinajstić information content (AvgIpc) is 3.28. The molecule has 0 radical (unpaired) electrons. The molecule has 7 nitrogen and oxygen atoms in total. The van der Waals surface area contributed by atoms with Crippen molar-refractivity contribution in [2.75, 3.05) is 7.05 Å². The summed E-state index contributed by atoms with van der Waals surface area (Å²) >= 11 is 5.78. The zero-order valence-corrected chi connectivity index (χ0v) is 15.6. The van der Waals surface area contributed by atoms with Gasteiger partial charge in [-0.05, 0) is 24.3 Å². The first-order chi connectivity index (χ1) is 13.2. The van der Waals surface area contributed by atoms with E-state index in [-0.39, 0.29) is 18.1 Å². The zero-order valence-electron chi connectivity index (χ0n) is 14.9. The first-order valence-electron chi connectivity index (χ1n) is 8.18. The molecular formula is C17H15ClF3N5O2. The third-order valence-corrected chi connectivity index (χ3v) is 4.14. The fourth-order valence-corrected chi connectivity index (χ4v) is 2.66. The number of alkyl halides is 3. The third kappa shape index (κ3) is 4.01. The monoisotopic (exact) mass is 413 g/mol. The van der Waals surface area contributed by atoms with E-state index in [9.17, 15) is 18.0 Å². The van der Waals surface area contributed by atoms with E-state index in [0.717, 1.165) is 11.1 Å². The summed E-state index contributed by atoms with van der Waals surface area (Å²) in [5.74, 6) is -0.294. The fourth-order valence-electron chi connectivity index (χ4n) is 2.53. The molecular weight excluding hydrogens is 399 g/mol. The first-order valence-corrected chi connectivity index (χ1v) is 8.56. The van der Waals surface area contributed by atoms with E-state index < -0.39 is 23.3 Å². The van der Waals surface area contributed by atoms with Gasteiger partial charge in [-0.3, -0.25) is 4.79 Å². The Kier molecular flexibility index (Phi) is 5.41. The predicted molar refractivity (Wildman–Crippen MR) is 93.0 cm³/mol. The molecule has 148 valence electrons. The van der Waals surface area contributed by atoms with Crippen molar-refractivity contribution in [3.8, 4) is 5.69 Å². The highest BCUT2D eigenvalue weighted by molar-refractivity contribution is 6.30. The lowest BCUT2D eigenvalue weighted by Gasteiger charge is -2.17. The van der Waals surface area contributed by atoms with Gasteiger partial charge in [0.1, 0.15) is 0 Å². The molecule has 0 unspecified atom stereocenters. The summed E-state index contributed by atoms with van der Waals surface area (Å²) in [7, 11) is 1.35. The molecule has 3 rings (SSSR count). The highest BCUT2D eigenvalue weighted by Gasteiger charge is 2.41. The molecule has 1 amide bonds. The Bertz CT molecular complexity index is 982. The summed E-state index contributed by atoms with van der Waals surface area (Å²) in [4.78, 5) is 17.8. The van der Waals surface area contributed by atoms with Crippen molar-refractivity contribution in [1.82, 2.24) is 24.8 Å². The number of benzene rings is 1. The van der Waals surface area contributed by atoms with E-state index in [2.05, 4.69) is 15.2 Å². The van der Waals surface area contributed by atoms with Crippen LogP contribution < -0.4 is 0 Å². The minimum Gasteiger partial charge on any atom is -0.337 e. The number of rotatable bonds is 5. The first kappa shape index (κ1) is 19.9. The maximum Gasteiger partial charge on any atom is 0.434 e. The molecule has 1 aromatic carbocycles. The standard InChI is InChI=1S/C17H15ClF3N5O2/c1-3-13-23-14(28-24-13)9-25(2)16(27)12-8-22-26(15(12)17(19,20)21)11-6-4-10(18)5-7-11/h4-8H,3,9H2,1-2H3. The Hall–Kier alpha value is -2.88. The fraction of sp³-hybridized carbons (Fsp3) is 0.294. The number of nitrogens with zero attached hydrogens (tertiary/aromatic N) is 5. The number of halogens is 4. The van der Waals surface area contributed by atoms with Crippen molar-refractivity contribution in [3.63, 3.8) is 0 Å². The van der Waals surface area contributed by atoms with Gasteiger partial charge in [-0.25, -0.2) is 4.68 Å². The van der Waals surface area contributed by atoms with Crippen LogP contribution in [-0.4, -0.2) is 37.8 Å². The van der Waals surface area contributed by atoms with Crippen LogP contribution in [0.5, 0.6) is 0 Å². The molecule has 2 heterocycles. The maximum atomic E-state index is 13.7. The normalized spacial score (nSPS) is 11.6. The Balaban J connectivity index is 1.94. The second-order valence-electron chi connectivity index (χ2n) is 5.91. The topological polar surface area (TPSA) is 77.0 Å². The number of amides is 1.